The number of thioether (sulfide) groups is 1. The predicted molar refractivity (Wildman–Crippen MR) is 74.1 cm³/mol. The minimum atomic E-state index is -0.322. The molecule has 17 heavy (non-hydrogen) atoms. The van der Waals surface area contributed by atoms with Crippen LogP contribution in [0.3, 0.4) is 0 Å². The highest BCUT2D eigenvalue weighted by atomic mass is 35.5. The van der Waals surface area contributed by atoms with Crippen molar-refractivity contribution >= 4 is 29.3 Å². The minimum Gasteiger partial charge on any atom is -0.369 e. The van der Waals surface area contributed by atoms with Gasteiger partial charge in [-0.25, -0.2) is 0 Å². The van der Waals surface area contributed by atoms with E-state index in [2.05, 4.69) is 0 Å². The molecule has 0 radical (unpaired) electrons. The van der Waals surface area contributed by atoms with Crippen molar-refractivity contribution < 1.29 is 4.79 Å². The third-order valence-corrected chi connectivity index (χ3v) is 4.15. The van der Waals surface area contributed by atoms with Crippen molar-refractivity contribution in [2.24, 2.45) is 11.5 Å². The fourth-order valence-electron chi connectivity index (χ4n) is 1.51. The van der Waals surface area contributed by atoms with Gasteiger partial charge in [0.15, 0.2) is 0 Å². The molecule has 1 amide bonds. The summed E-state index contributed by atoms with van der Waals surface area (Å²) in [5.74, 6) is -0.0432. The van der Waals surface area contributed by atoms with Crippen LogP contribution in [0, 0.1) is 0 Å². The quantitative estimate of drug-likeness (QED) is 0.835. The lowest BCUT2D eigenvalue weighted by Crippen LogP contribution is -2.27. The smallest absolute Gasteiger partial charge is 0.227 e. The Bertz CT molecular complexity index is 369. The molecule has 94 valence electrons. The molecule has 3 nitrogen and oxygen atoms in total. The summed E-state index contributed by atoms with van der Waals surface area (Å²) in [6.07, 6.45) is 0.846. The van der Waals surface area contributed by atoms with Gasteiger partial charge < -0.3 is 11.5 Å². The molecular formula is C12H17ClN2OS. The van der Waals surface area contributed by atoms with E-state index in [4.69, 9.17) is 23.1 Å². The summed E-state index contributed by atoms with van der Waals surface area (Å²) in [4.78, 5) is 10.8. The van der Waals surface area contributed by atoms with E-state index in [1.807, 2.05) is 31.2 Å². The fraction of sp³-hybridized carbons (Fsp3) is 0.417. The maximum Gasteiger partial charge on any atom is 0.227 e. The van der Waals surface area contributed by atoms with Crippen LogP contribution < -0.4 is 11.5 Å². The van der Waals surface area contributed by atoms with Crippen molar-refractivity contribution in [1.82, 2.24) is 0 Å². The molecule has 0 aromatic heterocycles. The van der Waals surface area contributed by atoms with Gasteiger partial charge in [0.2, 0.25) is 5.91 Å². The molecule has 0 aliphatic carbocycles. The van der Waals surface area contributed by atoms with E-state index in [9.17, 15) is 4.79 Å². The van der Waals surface area contributed by atoms with Crippen molar-refractivity contribution in [2.75, 3.05) is 5.75 Å². The first-order chi connectivity index (χ1) is 8.04. The first-order valence-corrected chi connectivity index (χ1v) is 6.88. The first-order valence-electron chi connectivity index (χ1n) is 5.45. The molecule has 1 aromatic carbocycles. The van der Waals surface area contributed by atoms with Crippen LogP contribution >= 0.6 is 23.4 Å². The van der Waals surface area contributed by atoms with Gasteiger partial charge in [0.05, 0.1) is 5.75 Å². The molecule has 1 aromatic rings. The second-order valence-corrected chi connectivity index (χ2v) is 5.39. The van der Waals surface area contributed by atoms with Crippen molar-refractivity contribution in [2.45, 2.75) is 24.6 Å². The van der Waals surface area contributed by atoms with E-state index in [1.165, 1.54) is 11.8 Å². The van der Waals surface area contributed by atoms with Gasteiger partial charge in [-0.2, -0.15) is 0 Å². The Morgan fingerprint density at radius 3 is 2.47 bits per heavy atom. The topological polar surface area (TPSA) is 69.1 Å². The molecule has 1 rings (SSSR count). The average molecular weight is 273 g/mol. The summed E-state index contributed by atoms with van der Waals surface area (Å²) in [5.41, 5.74) is 12.3. The standard InChI is InChI=1S/C12H17ClN2OS/c1-2-10(14)12(17-7-11(15)16)8-3-5-9(13)6-4-8/h3-6,10,12H,2,7,14H2,1H3,(H2,15,16). The summed E-state index contributed by atoms with van der Waals surface area (Å²) >= 11 is 7.32. The first kappa shape index (κ1) is 14.4. The Hall–Kier alpha value is -0.710. The highest BCUT2D eigenvalue weighted by Gasteiger charge is 2.19. The number of carbonyl (C=O) groups excluding carboxylic acids is 1. The molecule has 0 fully saturated rings. The lowest BCUT2D eigenvalue weighted by atomic mass is 10.0. The molecule has 0 bridgehead atoms. The zero-order valence-corrected chi connectivity index (χ0v) is 11.3. The normalized spacial score (nSPS) is 14.3. The summed E-state index contributed by atoms with van der Waals surface area (Å²) < 4.78 is 0. The van der Waals surface area contributed by atoms with Gasteiger partial charge >= 0.3 is 0 Å². The SMILES string of the molecule is CCC(N)C(SCC(N)=O)c1ccc(Cl)cc1. The monoisotopic (exact) mass is 272 g/mol. The minimum absolute atomic E-state index is 0.000487. The molecule has 0 saturated carbocycles. The van der Waals surface area contributed by atoms with Gasteiger partial charge in [-0.1, -0.05) is 30.7 Å². The number of amides is 1. The van der Waals surface area contributed by atoms with Gasteiger partial charge in [0.1, 0.15) is 0 Å². The van der Waals surface area contributed by atoms with E-state index < -0.39 is 0 Å². The van der Waals surface area contributed by atoms with Gasteiger partial charge in [-0.3, -0.25) is 4.79 Å². The Morgan fingerprint density at radius 2 is 2.00 bits per heavy atom. The van der Waals surface area contributed by atoms with Gasteiger partial charge in [-0.15, -0.1) is 11.8 Å². The number of hydrogen-bond donors (Lipinski definition) is 2. The number of rotatable bonds is 6. The lowest BCUT2D eigenvalue weighted by Gasteiger charge is -2.22. The molecule has 0 aliphatic rings. The number of benzene rings is 1. The highest BCUT2D eigenvalue weighted by Crippen LogP contribution is 2.32. The number of halogens is 1. The second-order valence-electron chi connectivity index (χ2n) is 3.82. The van der Waals surface area contributed by atoms with E-state index in [-0.39, 0.29) is 23.0 Å². The molecule has 5 heteroatoms. The number of primary amides is 1. The zero-order chi connectivity index (χ0) is 12.8. The van der Waals surface area contributed by atoms with Gasteiger partial charge in [-0.05, 0) is 24.1 Å². The Labute approximate surface area is 111 Å². The third kappa shape index (κ3) is 4.58. The van der Waals surface area contributed by atoms with E-state index >= 15 is 0 Å². The largest absolute Gasteiger partial charge is 0.369 e. The molecule has 0 saturated heterocycles. The van der Waals surface area contributed by atoms with Crippen molar-refractivity contribution in [1.29, 1.82) is 0 Å². The number of hydrogen-bond acceptors (Lipinski definition) is 3. The second kappa shape index (κ2) is 6.89. The van der Waals surface area contributed by atoms with E-state index in [0.717, 1.165) is 12.0 Å². The molecule has 0 heterocycles. The van der Waals surface area contributed by atoms with Crippen LogP contribution in [-0.4, -0.2) is 17.7 Å². The predicted octanol–water partition coefficient (Wildman–Crippen LogP) is 2.34. The average Bonchev–Trinajstić information content (AvgIpc) is 2.30. The molecule has 0 aliphatic heterocycles. The van der Waals surface area contributed by atoms with E-state index in [0.29, 0.717) is 5.02 Å². The lowest BCUT2D eigenvalue weighted by molar-refractivity contribution is -0.115. The highest BCUT2D eigenvalue weighted by molar-refractivity contribution is 8.00. The van der Waals surface area contributed by atoms with Crippen LogP contribution in [0.25, 0.3) is 0 Å². The maximum atomic E-state index is 10.8. The number of carbonyl (C=O) groups is 1. The fourth-order valence-corrected chi connectivity index (χ4v) is 2.76. The van der Waals surface area contributed by atoms with Crippen molar-refractivity contribution in [3.8, 4) is 0 Å². The molecule has 4 N–H and O–H groups in total. The summed E-state index contributed by atoms with van der Waals surface area (Å²) in [6.45, 7) is 2.03. The van der Waals surface area contributed by atoms with Crippen LogP contribution in [0.1, 0.15) is 24.2 Å². The Kier molecular flexibility index (Phi) is 5.82. The molecule has 2 atom stereocenters. The van der Waals surface area contributed by atoms with Crippen LogP contribution in [0.15, 0.2) is 24.3 Å². The molecule has 2 unspecified atom stereocenters. The van der Waals surface area contributed by atoms with Crippen LogP contribution in [0.4, 0.5) is 0 Å². The summed E-state index contributed by atoms with van der Waals surface area (Å²) in [7, 11) is 0. The third-order valence-electron chi connectivity index (χ3n) is 2.46. The van der Waals surface area contributed by atoms with Gasteiger partial charge in [0, 0.05) is 16.3 Å². The van der Waals surface area contributed by atoms with Crippen LogP contribution in [-0.2, 0) is 4.79 Å². The summed E-state index contributed by atoms with van der Waals surface area (Å²) in [6, 6.07) is 7.54. The summed E-state index contributed by atoms with van der Waals surface area (Å²) in [5, 5.41) is 0.766. The Morgan fingerprint density at radius 1 is 1.41 bits per heavy atom. The number of nitrogens with two attached hydrogens (primary N) is 2. The van der Waals surface area contributed by atoms with Gasteiger partial charge in [0.25, 0.3) is 0 Å². The molecule has 0 spiro atoms. The maximum absolute atomic E-state index is 10.8. The molecular weight excluding hydrogens is 256 g/mol. The van der Waals surface area contributed by atoms with Crippen molar-refractivity contribution in [3.05, 3.63) is 34.9 Å². The van der Waals surface area contributed by atoms with Crippen LogP contribution in [0.2, 0.25) is 5.02 Å². The van der Waals surface area contributed by atoms with E-state index in [1.54, 1.807) is 0 Å². The Balaban J connectivity index is 2.81. The zero-order valence-electron chi connectivity index (χ0n) is 9.73. The van der Waals surface area contributed by atoms with Crippen molar-refractivity contribution in [3.63, 3.8) is 0 Å². The van der Waals surface area contributed by atoms with Crippen LogP contribution in [0.5, 0.6) is 0 Å².